The van der Waals surface area contributed by atoms with Crippen molar-refractivity contribution >= 4 is 6.03 Å². The number of piperidine rings is 1. The van der Waals surface area contributed by atoms with E-state index in [9.17, 15) is 4.79 Å². The first kappa shape index (κ1) is 26.0. The minimum absolute atomic E-state index is 0.110. The molecule has 36 heavy (non-hydrogen) atoms. The number of imidazole rings is 1. The first-order valence-corrected chi connectivity index (χ1v) is 13.3. The monoisotopic (exact) mass is 487 g/mol. The number of aromatic nitrogens is 2. The number of nitrogens with zero attached hydrogens (tertiary/aromatic N) is 4. The molecule has 6 nitrogen and oxygen atoms in total. The van der Waals surface area contributed by atoms with Gasteiger partial charge in [-0.3, -0.25) is 0 Å². The molecule has 0 saturated carbocycles. The molecule has 2 amide bonds. The second-order valence-electron chi connectivity index (χ2n) is 10.9. The Bertz CT molecular complexity index is 1100. The van der Waals surface area contributed by atoms with E-state index in [4.69, 9.17) is 10.7 Å². The van der Waals surface area contributed by atoms with Crippen LogP contribution < -0.4 is 5.73 Å². The van der Waals surface area contributed by atoms with Gasteiger partial charge in [-0.2, -0.15) is 0 Å². The molecule has 1 aliphatic heterocycles. The van der Waals surface area contributed by atoms with Crippen LogP contribution in [0.25, 0.3) is 11.3 Å². The molecule has 1 fully saturated rings. The first-order chi connectivity index (χ1) is 17.4. The molecule has 1 atom stereocenters. The van der Waals surface area contributed by atoms with Crippen LogP contribution in [-0.2, 0) is 6.54 Å². The van der Waals surface area contributed by atoms with Crippen LogP contribution in [0.3, 0.4) is 0 Å². The van der Waals surface area contributed by atoms with Crippen molar-refractivity contribution < 1.29 is 4.79 Å². The largest absolute Gasteiger partial charge is 0.330 e. The summed E-state index contributed by atoms with van der Waals surface area (Å²) >= 11 is 0. The fraction of sp³-hybridized carbons (Fsp3) is 0.467. The fourth-order valence-corrected chi connectivity index (χ4v) is 5.16. The molecule has 2 aromatic carbocycles. The van der Waals surface area contributed by atoms with Gasteiger partial charge in [0, 0.05) is 37.9 Å². The SMILES string of the molecule is CC(C)(C)[C@H](c1nc(-c2ccccc2)cn1Cc1ccccc1)N(CCCN)C(=O)N1CCCCC1. The lowest BCUT2D eigenvalue weighted by Gasteiger charge is -2.43. The standard InChI is InChI=1S/C30H41N5O/c1-30(2,3)27(35(21-13-18-31)29(36)33-19-11-6-12-20-33)28-32-26(25-16-9-5-10-17-25)23-34(28)22-24-14-7-4-8-15-24/h4-5,7-10,14-17,23,27H,6,11-13,18-22,31H2,1-3H3/t27-/m0/s1. The average molecular weight is 488 g/mol. The number of hydrogen-bond acceptors (Lipinski definition) is 3. The highest BCUT2D eigenvalue weighted by Gasteiger charge is 2.39. The van der Waals surface area contributed by atoms with Gasteiger partial charge in [-0.15, -0.1) is 0 Å². The molecular weight excluding hydrogens is 446 g/mol. The van der Waals surface area contributed by atoms with Crippen molar-refractivity contribution in [2.75, 3.05) is 26.2 Å². The number of benzene rings is 2. The maximum Gasteiger partial charge on any atom is 0.320 e. The van der Waals surface area contributed by atoms with E-state index in [0.717, 1.165) is 49.4 Å². The molecular formula is C30H41N5O. The second kappa shape index (κ2) is 11.7. The van der Waals surface area contributed by atoms with E-state index in [0.29, 0.717) is 19.6 Å². The molecule has 2 N–H and O–H groups in total. The zero-order valence-electron chi connectivity index (χ0n) is 22.1. The van der Waals surface area contributed by atoms with Gasteiger partial charge < -0.3 is 20.1 Å². The maximum absolute atomic E-state index is 14.0. The molecule has 6 heteroatoms. The second-order valence-corrected chi connectivity index (χ2v) is 10.9. The molecule has 0 spiro atoms. The maximum atomic E-state index is 14.0. The molecule has 0 radical (unpaired) electrons. The van der Waals surface area contributed by atoms with Crippen LogP contribution >= 0.6 is 0 Å². The summed E-state index contributed by atoms with van der Waals surface area (Å²) < 4.78 is 2.24. The number of likely N-dealkylation sites (tertiary alicyclic amines) is 1. The van der Waals surface area contributed by atoms with Gasteiger partial charge in [-0.05, 0) is 43.2 Å². The van der Waals surface area contributed by atoms with Gasteiger partial charge in [0.05, 0.1) is 11.7 Å². The van der Waals surface area contributed by atoms with E-state index in [2.05, 4.69) is 72.8 Å². The summed E-state index contributed by atoms with van der Waals surface area (Å²) in [5, 5.41) is 0. The Kier molecular flexibility index (Phi) is 8.47. The van der Waals surface area contributed by atoms with Gasteiger partial charge in [-0.1, -0.05) is 81.4 Å². The molecule has 1 aromatic heterocycles. The van der Waals surface area contributed by atoms with Crippen molar-refractivity contribution in [3.05, 3.63) is 78.2 Å². The summed E-state index contributed by atoms with van der Waals surface area (Å²) in [5.74, 6) is 0.924. The van der Waals surface area contributed by atoms with Crippen molar-refractivity contribution in [3.63, 3.8) is 0 Å². The third kappa shape index (κ3) is 6.16. The normalized spacial score (nSPS) is 15.1. The lowest BCUT2D eigenvalue weighted by Crippen LogP contribution is -2.50. The van der Waals surface area contributed by atoms with Crippen LogP contribution in [0.1, 0.15) is 63.9 Å². The van der Waals surface area contributed by atoms with Gasteiger partial charge in [0.1, 0.15) is 5.82 Å². The van der Waals surface area contributed by atoms with Crippen LogP contribution in [0, 0.1) is 5.41 Å². The molecule has 3 aromatic rings. The molecule has 0 bridgehead atoms. The topological polar surface area (TPSA) is 67.4 Å². The molecule has 0 unspecified atom stereocenters. The van der Waals surface area contributed by atoms with Gasteiger partial charge in [0.15, 0.2) is 0 Å². The van der Waals surface area contributed by atoms with Crippen LogP contribution in [0.5, 0.6) is 0 Å². The minimum atomic E-state index is -0.228. The van der Waals surface area contributed by atoms with E-state index >= 15 is 0 Å². The van der Waals surface area contributed by atoms with Gasteiger partial charge in [-0.25, -0.2) is 9.78 Å². The van der Waals surface area contributed by atoms with Crippen LogP contribution in [0.15, 0.2) is 66.9 Å². The number of nitrogens with two attached hydrogens (primary N) is 1. The summed E-state index contributed by atoms with van der Waals surface area (Å²) in [6, 6.07) is 20.7. The summed E-state index contributed by atoms with van der Waals surface area (Å²) in [5.41, 5.74) is 8.93. The van der Waals surface area contributed by atoms with E-state index in [-0.39, 0.29) is 17.5 Å². The van der Waals surface area contributed by atoms with Gasteiger partial charge in [0.2, 0.25) is 0 Å². The molecule has 4 rings (SSSR count). The van der Waals surface area contributed by atoms with Crippen molar-refractivity contribution in [3.8, 4) is 11.3 Å². The Balaban J connectivity index is 1.81. The zero-order valence-corrected chi connectivity index (χ0v) is 22.1. The minimum Gasteiger partial charge on any atom is -0.330 e. The number of rotatable bonds is 8. The Hall–Kier alpha value is -3.12. The van der Waals surface area contributed by atoms with Crippen LogP contribution in [0.2, 0.25) is 0 Å². The third-order valence-corrected chi connectivity index (χ3v) is 6.92. The Morgan fingerprint density at radius 2 is 1.64 bits per heavy atom. The molecule has 0 aliphatic carbocycles. The van der Waals surface area contributed by atoms with Crippen molar-refractivity contribution in [2.24, 2.45) is 11.1 Å². The van der Waals surface area contributed by atoms with Crippen LogP contribution in [-0.4, -0.2) is 51.6 Å². The molecule has 1 aliphatic rings. The van der Waals surface area contributed by atoms with E-state index in [1.807, 2.05) is 29.2 Å². The lowest BCUT2D eigenvalue weighted by atomic mass is 9.84. The predicted molar refractivity (Wildman–Crippen MR) is 147 cm³/mol. The number of urea groups is 1. The number of carbonyl (C=O) groups is 1. The van der Waals surface area contributed by atoms with E-state index in [1.54, 1.807) is 0 Å². The fourth-order valence-electron chi connectivity index (χ4n) is 5.16. The molecule has 192 valence electrons. The van der Waals surface area contributed by atoms with Crippen LogP contribution in [0.4, 0.5) is 4.79 Å². The summed E-state index contributed by atoms with van der Waals surface area (Å²) in [7, 11) is 0. The Labute approximate surface area is 216 Å². The molecule has 1 saturated heterocycles. The number of amides is 2. The van der Waals surface area contributed by atoms with Crippen molar-refractivity contribution in [2.45, 2.75) is 59.0 Å². The average Bonchev–Trinajstić information content (AvgIpc) is 3.29. The zero-order chi connectivity index (χ0) is 25.5. The Morgan fingerprint density at radius 3 is 2.25 bits per heavy atom. The quantitative estimate of drug-likeness (QED) is 0.427. The summed E-state index contributed by atoms with van der Waals surface area (Å²) in [4.78, 5) is 23.3. The summed E-state index contributed by atoms with van der Waals surface area (Å²) in [6.45, 7) is 10.1. The highest BCUT2D eigenvalue weighted by Crippen LogP contribution is 2.40. The summed E-state index contributed by atoms with van der Waals surface area (Å²) in [6.07, 6.45) is 6.23. The van der Waals surface area contributed by atoms with E-state index < -0.39 is 0 Å². The highest BCUT2D eigenvalue weighted by atomic mass is 16.2. The van der Waals surface area contributed by atoms with E-state index in [1.165, 1.54) is 12.0 Å². The Morgan fingerprint density at radius 1 is 1.00 bits per heavy atom. The van der Waals surface area contributed by atoms with Gasteiger partial charge >= 0.3 is 6.03 Å². The number of carbonyl (C=O) groups excluding carboxylic acids is 1. The van der Waals surface area contributed by atoms with Crippen molar-refractivity contribution in [1.82, 2.24) is 19.4 Å². The highest BCUT2D eigenvalue weighted by molar-refractivity contribution is 5.75. The third-order valence-electron chi connectivity index (χ3n) is 6.92. The number of hydrogen-bond donors (Lipinski definition) is 1. The van der Waals surface area contributed by atoms with Gasteiger partial charge in [0.25, 0.3) is 0 Å². The van der Waals surface area contributed by atoms with Crippen molar-refractivity contribution in [1.29, 1.82) is 0 Å². The predicted octanol–water partition coefficient (Wildman–Crippen LogP) is 5.94. The first-order valence-electron chi connectivity index (χ1n) is 13.3. The smallest absolute Gasteiger partial charge is 0.320 e. The lowest BCUT2D eigenvalue weighted by molar-refractivity contribution is 0.0789. The molecule has 2 heterocycles.